The lowest BCUT2D eigenvalue weighted by atomic mass is 9.95. The van der Waals surface area contributed by atoms with Gasteiger partial charge in [0.15, 0.2) is 0 Å². The van der Waals surface area contributed by atoms with Gasteiger partial charge in [-0.1, -0.05) is 49.4 Å². The van der Waals surface area contributed by atoms with Crippen LogP contribution in [0.25, 0.3) is 16.9 Å². The zero-order valence-electron chi connectivity index (χ0n) is 15.0. The van der Waals surface area contributed by atoms with Crippen molar-refractivity contribution in [3.63, 3.8) is 0 Å². The molecule has 1 amide bonds. The van der Waals surface area contributed by atoms with Gasteiger partial charge < -0.3 is 5.32 Å². The monoisotopic (exact) mass is 356 g/mol. The molecule has 4 aromatic rings. The highest BCUT2D eigenvalue weighted by Gasteiger charge is 2.18. The fourth-order valence-corrected chi connectivity index (χ4v) is 3.23. The van der Waals surface area contributed by atoms with Gasteiger partial charge in [0, 0.05) is 0 Å². The molecule has 27 heavy (non-hydrogen) atoms. The van der Waals surface area contributed by atoms with Crippen molar-refractivity contribution >= 4 is 22.6 Å². The van der Waals surface area contributed by atoms with Crippen LogP contribution in [0.3, 0.4) is 0 Å². The van der Waals surface area contributed by atoms with Gasteiger partial charge in [0.1, 0.15) is 12.1 Å². The highest BCUT2D eigenvalue weighted by Crippen LogP contribution is 2.22. The molecule has 0 saturated heterocycles. The lowest BCUT2D eigenvalue weighted by molar-refractivity contribution is -0.117. The number of fused-ring (bicyclic) bond motifs is 1. The van der Waals surface area contributed by atoms with Crippen molar-refractivity contribution in [2.75, 3.05) is 5.32 Å². The molecule has 0 aliphatic rings. The Balaban J connectivity index is 1.53. The molecule has 1 atom stereocenters. The minimum absolute atomic E-state index is 0.0219. The van der Waals surface area contributed by atoms with Crippen molar-refractivity contribution in [2.45, 2.75) is 19.3 Å². The van der Waals surface area contributed by atoms with E-state index >= 15 is 0 Å². The van der Waals surface area contributed by atoms with Gasteiger partial charge in [0.05, 0.1) is 28.8 Å². The molecule has 0 aliphatic heterocycles. The van der Waals surface area contributed by atoms with E-state index in [1.54, 1.807) is 12.5 Å². The van der Waals surface area contributed by atoms with Crippen LogP contribution < -0.4 is 5.32 Å². The van der Waals surface area contributed by atoms with Gasteiger partial charge in [-0.05, 0) is 36.2 Å². The van der Waals surface area contributed by atoms with E-state index in [0.29, 0.717) is 5.69 Å². The predicted molar refractivity (Wildman–Crippen MR) is 107 cm³/mol. The number of imidazole rings is 1. The number of pyridine rings is 1. The Hall–Kier alpha value is -3.47. The summed E-state index contributed by atoms with van der Waals surface area (Å²) in [6.45, 7) is 2.02. The van der Waals surface area contributed by atoms with Gasteiger partial charge in [-0.25, -0.2) is 9.97 Å². The predicted octanol–water partition coefficient (Wildman–Crippen LogP) is 4.55. The summed E-state index contributed by atoms with van der Waals surface area (Å²) in [7, 11) is 0. The number of hydrogen-bond acceptors (Lipinski definition) is 3. The summed E-state index contributed by atoms with van der Waals surface area (Å²) in [5.41, 5.74) is 3.62. The second kappa shape index (κ2) is 7.41. The normalized spacial score (nSPS) is 12.0. The van der Waals surface area contributed by atoms with Gasteiger partial charge in [-0.3, -0.25) is 9.36 Å². The van der Waals surface area contributed by atoms with Crippen molar-refractivity contribution in [3.05, 3.63) is 84.8 Å². The maximum absolute atomic E-state index is 12.7. The first-order chi connectivity index (χ1) is 13.3. The molecule has 5 heteroatoms. The fraction of sp³-hybridized carbons (Fsp3) is 0.136. The average Bonchev–Trinajstić information content (AvgIpc) is 3.14. The van der Waals surface area contributed by atoms with E-state index in [2.05, 4.69) is 15.3 Å². The third-order valence-electron chi connectivity index (χ3n) is 4.64. The molecule has 5 nitrogen and oxygen atoms in total. The fourth-order valence-electron chi connectivity index (χ4n) is 3.23. The number of nitrogens with one attached hydrogen (secondary N) is 1. The molecule has 2 heterocycles. The molecule has 2 aromatic heterocycles. The van der Waals surface area contributed by atoms with E-state index in [1.807, 2.05) is 78.2 Å². The van der Waals surface area contributed by atoms with Gasteiger partial charge in [-0.2, -0.15) is 0 Å². The van der Waals surface area contributed by atoms with E-state index in [1.165, 1.54) is 0 Å². The van der Waals surface area contributed by atoms with Crippen LogP contribution in [-0.2, 0) is 4.79 Å². The third-order valence-corrected chi connectivity index (χ3v) is 4.64. The van der Waals surface area contributed by atoms with Crippen molar-refractivity contribution in [2.24, 2.45) is 0 Å². The summed E-state index contributed by atoms with van der Waals surface area (Å²) in [6, 6.07) is 21.5. The van der Waals surface area contributed by atoms with Crippen molar-refractivity contribution in [3.8, 4) is 5.82 Å². The Morgan fingerprint density at radius 3 is 2.52 bits per heavy atom. The molecule has 0 fully saturated rings. The average molecular weight is 356 g/mol. The lowest BCUT2D eigenvalue weighted by Gasteiger charge is -2.15. The quantitative estimate of drug-likeness (QED) is 0.570. The van der Waals surface area contributed by atoms with E-state index in [0.717, 1.165) is 28.8 Å². The molecule has 0 radical (unpaired) electrons. The summed E-state index contributed by atoms with van der Waals surface area (Å²) >= 11 is 0. The maximum atomic E-state index is 12.7. The largest absolute Gasteiger partial charge is 0.324 e. The smallest absolute Gasteiger partial charge is 0.231 e. The molecular weight excluding hydrogens is 336 g/mol. The minimum Gasteiger partial charge on any atom is -0.324 e. The number of anilines is 1. The van der Waals surface area contributed by atoms with E-state index < -0.39 is 0 Å². The first-order valence-corrected chi connectivity index (χ1v) is 9.00. The Morgan fingerprint density at radius 2 is 1.78 bits per heavy atom. The maximum Gasteiger partial charge on any atom is 0.231 e. The second-order valence-electron chi connectivity index (χ2n) is 6.37. The van der Waals surface area contributed by atoms with Crippen LogP contribution >= 0.6 is 0 Å². The number of carbonyl (C=O) groups is 1. The van der Waals surface area contributed by atoms with Gasteiger partial charge in [-0.15, -0.1) is 0 Å². The number of nitrogens with zero attached hydrogens (tertiary/aromatic N) is 3. The van der Waals surface area contributed by atoms with Crippen LogP contribution in [0, 0.1) is 0 Å². The van der Waals surface area contributed by atoms with Crippen molar-refractivity contribution in [1.82, 2.24) is 14.5 Å². The number of hydrogen-bond donors (Lipinski definition) is 1. The molecular formula is C22H20N4O. The number of para-hydroxylation sites is 2. The molecule has 0 spiro atoms. The summed E-state index contributed by atoms with van der Waals surface area (Å²) in [6.07, 6.45) is 4.18. The number of benzene rings is 2. The zero-order chi connectivity index (χ0) is 18.6. The minimum atomic E-state index is -0.177. The Kier molecular flexibility index (Phi) is 4.66. The van der Waals surface area contributed by atoms with Crippen LogP contribution in [0.1, 0.15) is 24.8 Å². The van der Waals surface area contributed by atoms with Crippen LogP contribution in [-0.4, -0.2) is 20.4 Å². The van der Waals surface area contributed by atoms with E-state index in [-0.39, 0.29) is 11.8 Å². The van der Waals surface area contributed by atoms with E-state index in [9.17, 15) is 4.79 Å². The van der Waals surface area contributed by atoms with Gasteiger partial charge in [0.25, 0.3) is 0 Å². The van der Waals surface area contributed by atoms with Crippen LogP contribution in [0.15, 0.2) is 79.3 Å². The highest BCUT2D eigenvalue weighted by atomic mass is 16.1. The summed E-state index contributed by atoms with van der Waals surface area (Å²) in [5.74, 6) is 0.562. The molecule has 0 aliphatic carbocycles. The topological polar surface area (TPSA) is 59.8 Å². The SMILES string of the molecule is CCC(C(=O)Nc1ccc(-n2cnc3ccccc32)nc1)c1ccccc1. The molecule has 1 N–H and O–H groups in total. The molecule has 0 bridgehead atoms. The molecule has 134 valence electrons. The van der Waals surface area contributed by atoms with Gasteiger partial charge in [0.2, 0.25) is 5.91 Å². The number of carbonyl (C=O) groups excluding carboxylic acids is 1. The van der Waals surface area contributed by atoms with Gasteiger partial charge >= 0.3 is 0 Å². The second-order valence-corrected chi connectivity index (χ2v) is 6.37. The van der Waals surface area contributed by atoms with Crippen LogP contribution in [0.5, 0.6) is 0 Å². The molecule has 0 saturated carbocycles. The van der Waals surface area contributed by atoms with Crippen molar-refractivity contribution < 1.29 is 4.79 Å². The lowest BCUT2D eigenvalue weighted by Crippen LogP contribution is -2.20. The Bertz CT molecular complexity index is 1050. The number of amides is 1. The van der Waals surface area contributed by atoms with Crippen LogP contribution in [0.2, 0.25) is 0 Å². The molecule has 2 aromatic carbocycles. The number of rotatable bonds is 5. The molecule has 1 unspecified atom stereocenters. The van der Waals surface area contributed by atoms with Crippen molar-refractivity contribution in [1.29, 1.82) is 0 Å². The summed E-state index contributed by atoms with van der Waals surface area (Å²) in [5, 5.41) is 2.97. The Morgan fingerprint density at radius 1 is 1.00 bits per heavy atom. The third kappa shape index (κ3) is 3.44. The Labute approximate surface area is 157 Å². The zero-order valence-corrected chi connectivity index (χ0v) is 15.0. The number of aromatic nitrogens is 3. The van der Waals surface area contributed by atoms with Crippen LogP contribution in [0.4, 0.5) is 5.69 Å². The summed E-state index contributed by atoms with van der Waals surface area (Å²) < 4.78 is 1.93. The summed E-state index contributed by atoms with van der Waals surface area (Å²) in [4.78, 5) is 21.6. The first kappa shape index (κ1) is 17.0. The first-order valence-electron chi connectivity index (χ1n) is 9.00. The standard InChI is InChI=1S/C22H20N4O/c1-2-18(16-8-4-3-5-9-16)22(27)25-17-12-13-21(23-14-17)26-15-24-19-10-6-7-11-20(19)26/h3-15,18H,2H2,1H3,(H,25,27). The van der Waals surface area contributed by atoms with E-state index in [4.69, 9.17) is 0 Å². The molecule has 4 rings (SSSR count). The highest BCUT2D eigenvalue weighted by molar-refractivity contribution is 5.95.